The van der Waals surface area contributed by atoms with Crippen LogP contribution in [-0.2, 0) is 0 Å². The van der Waals surface area contributed by atoms with E-state index in [1.807, 2.05) is 7.05 Å². The van der Waals surface area contributed by atoms with Gasteiger partial charge in [0.05, 0.1) is 19.8 Å². The lowest BCUT2D eigenvalue weighted by molar-refractivity contribution is 0.0793. The molecule has 6 heteroatoms. The van der Waals surface area contributed by atoms with Crippen LogP contribution in [0.5, 0.6) is 11.5 Å². The number of ether oxygens (including phenoxy) is 2. The Morgan fingerprint density at radius 1 is 1.32 bits per heavy atom. The van der Waals surface area contributed by atoms with Gasteiger partial charge in [-0.25, -0.2) is 0 Å². The van der Waals surface area contributed by atoms with Gasteiger partial charge in [0.25, 0.3) is 5.91 Å². The van der Waals surface area contributed by atoms with Crippen LogP contribution in [-0.4, -0.2) is 52.2 Å². The van der Waals surface area contributed by atoms with Gasteiger partial charge in [0.1, 0.15) is 11.5 Å². The molecule has 0 atom stereocenters. The Labute approximate surface area is 120 Å². The molecule has 0 unspecified atom stereocenters. The van der Waals surface area contributed by atoms with Crippen molar-refractivity contribution < 1.29 is 14.3 Å². The van der Waals surface area contributed by atoms with Crippen molar-refractivity contribution in [2.75, 3.05) is 41.4 Å². The lowest BCUT2D eigenvalue weighted by Gasteiger charge is -2.18. The number of nitrogens with zero attached hydrogens (tertiary/aromatic N) is 1. The van der Waals surface area contributed by atoms with Crippen LogP contribution in [0.15, 0.2) is 18.2 Å². The van der Waals surface area contributed by atoms with Gasteiger partial charge in [0.15, 0.2) is 0 Å². The number of benzene rings is 1. The van der Waals surface area contributed by atoms with Crippen LogP contribution in [0.25, 0.3) is 0 Å². The predicted molar refractivity (Wildman–Crippen MR) is 77.7 cm³/mol. The Morgan fingerprint density at radius 3 is 2.53 bits per heavy atom. The normalized spacial score (nSPS) is 9.47. The number of carbonyl (C=O) groups is 1. The molecule has 0 spiro atoms. The van der Waals surface area contributed by atoms with Gasteiger partial charge in [0, 0.05) is 20.1 Å². The molecule has 1 N–H and O–H groups in total. The molecule has 0 radical (unpaired) electrons. The van der Waals surface area contributed by atoms with E-state index in [1.54, 1.807) is 44.4 Å². The Balaban J connectivity index is 0.00000324. The molecule has 0 aliphatic rings. The number of hydrogen-bond donors (Lipinski definition) is 1. The molecule has 1 aromatic rings. The summed E-state index contributed by atoms with van der Waals surface area (Å²) in [7, 11) is 6.73. The topological polar surface area (TPSA) is 50.8 Å². The van der Waals surface area contributed by atoms with Crippen molar-refractivity contribution in [3.8, 4) is 11.5 Å². The molecule has 1 amide bonds. The van der Waals surface area contributed by atoms with Crippen LogP contribution in [0.3, 0.4) is 0 Å². The minimum absolute atomic E-state index is 0. The lowest BCUT2D eigenvalue weighted by Crippen LogP contribution is -2.33. The summed E-state index contributed by atoms with van der Waals surface area (Å²) in [4.78, 5) is 13.9. The molecular weight excluding hydrogens is 268 g/mol. The fourth-order valence-corrected chi connectivity index (χ4v) is 1.57. The maximum absolute atomic E-state index is 12.3. The van der Waals surface area contributed by atoms with Crippen LogP contribution < -0.4 is 14.8 Å². The molecule has 0 saturated heterocycles. The standard InChI is InChI=1S/C13H20N2O3.ClH/c1-14-7-8-15(2)13(16)11-9-10(17-3)5-6-12(11)18-4;/h5-6,9,14H,7-8H2,1-4H3;1H. The minimum atomic E-state index is -0.0824. The molecule has 108 valence electrons. The van der Waals surface area contributed by atoms with Gasteiger partial charge in [0.2, 0.25) is 0 Å². The Hall–Kier alpha value is -1.46. The van der Waals surface area contributed by atoms with Crippen molar-refractivity contribution in [3.63, 3.8) is 0 Å². The van der Waals surface area contributed by atoms with Gasteiger partial charge in [-0.3, -0.25) is 4.79 Å². The van der Waals surface area contributed by atoms with Crippen LogP contribution >= 0.6 is 12.4 Å². The molecule has 0 heterocycles. The minimum Gasteiger partial charge on any atom is -0.497 e. The number of likely N-dealkylation sites (N-methyl/N-ethyl adjacent to an activating group) is 2. The first kappa shape index (κ1) is 17.5. The molecular formula is C13H21ClN2O3. The van der Waals surface area contributed by atoms with E-state index in [4.69, 9.17) is 9.47 Å². The number of carbonyl (C=O) groups excluding carboxylic acids is 1. The molecule has 0 aliphatic carbocycles. The average molecular weight is 289 g/mol. The third kappa shape index (κ3) is 4.61. The quantitative estimate of drug-likeness (QED) is 0.860. The van der Waals surface area contributed by atoms with E-state index in [2.05, 4.69) is 5.32 Å². The van der Waals surface area contributed by atoms with Crippen molar-refractivity contribution >= 4 is 18.3 Å². The van der Waals surface area contributed by atoms with Crippen molar-refractivity contribution in [2.24, 2.45) is 0 Å². The number of hydrogen-bond acceptors (Lipinski definition) is 4. The summed E-state index contributed by atoms with van der Waals surface area (Å²) in [5.41, 5.74) is 0.510. The first-order valence-corrected chi connectivity index (χ1v) is 5.76. The Bertz CT molecular complexity index is 413. The number of halogens is 1. The summed E-state index contributed by atoms with van der Waals surface area (Å²) in [5.74, 6) is 1.11. The van der Waals surface area contributed by atoms with E-state index in [1.165, 1.54) is 0 Å². The second kappa shape index (κ2) is 8.61. The number of nitrogens with one attached hydrogen (secondary N) is 1. The average Bonchev–Trinajstić information content (AvgIpc) is 2.43. The Kier molecular flexibility index (Phi) is 7.95. The molecule has 5 nitrogen and oxygen atoms in total. The third-order valence-electron chi connectivity index (χ3n) is 2.68. The maximum Gasteiger partial charge on any atom is 0.257 e. The zero-order valence-electron chi connectivity index (χ0n) is 11.7. The van der Waals surface area contributed by atoms with Gasteiger partial charge in [-0.05, 0) is 25.2 Å². The van der Waals surface area contributed by atoms with Gasteiger partial charge in [-0.15, -0.1) is 12.4 Å². The van der Waals surface area contributed by atoms with Crippen molar-refractivity contribution in [1.29, 1.82) is 0 Å². The number of rotatable bonds is 6. The highest BCUT2D eigenvalue weighted by Gasteiger charge is 2.17. The predicted octanol–water partition coefficient (Wildman–Crippen LogP) is 1.42. The summed E-state index contributed by atoms with van der Waals surface area (Å²) < 4.78 is 10.3. The molecule has 19 heavy (non-hydrogen) atoms. The van der Waals surface area contributed by atoms with E-state index < -0.39 is 0 Å². The van der Waals surface area contributed by atoms with E-state index in [9.17, 15) is 4.79 Å². The van der Waals surface area contributed by atoms with Crippen LogP contribution in [0.1, 0.15) is 10.4 Å². The second-order valence-corrected chi connectivity index (χ2v) is 3.90. The second-order valence-electron chi connectivity index (χ2n) is 3.90. The van der Waals surface area contributed by atoms with Crippen LogP contribution in [0, 0.1) is 0 Å². The first-order valence-electron chi connectivity index (χ1n) is 5.76. The van der Waals surface area contributed by atoms with Crippen molar-refractivity contribution in [2.45, 2.75) is 0 Å². The summed E-state index contributed by atoms with van der Waals surface area (Å²) in [6.07, 6.45) is 0. The summed E-state index contributed by atoms with van der Waals surface area (Å²) in [6.45, 7) is 1.38. The van der Waals surface area contributed by atoms with Crippen molar-refractivity contribution in [1.82, 2.24) is 10.2 Å². The van der Waals surface area contributed by atoms with Crippen molar-refractivity contribution in [3.05, 3.63) is 23.8 Å². The fourth-order valence-electron chi connectivity index (χ4n) is 1.57. The van der Waals surface area contributed by atoms with E-state index in [-0.39, 0.29) is 18.3 Å². The summed E-state index contributed by atoms with van der Waals surface area (Å²) in [5, 5.41) is 3.01. The van der Waals surface area contributed by atoms with Gasteiger partial charge >= 0.3 is 0 Å². The zero-order chi connectivity index (χ0) is 13.5. The largest absolute Gasteiger partial charge is 0.497 e. The highest BCUT2D eigenvalue weighted by molar-refractivity contribution is 5.97. The lowest BCUT2D eigenvalue weighted by atomic mass is 10.1. The smallest absolute Gasteiger partial charge is 0.257 e. The zero-order valence-corrected chi connectivity index (χ0v) is 12.5. The molecule has 0 fully saturated rings. The summed E-state index contributed by atoms with van der Waals surface area (Å²) in [6, 6.07) is 5.19. The number of amides is 1. The highest BCUT2D eigenvalue weighted by Crippen LogP contribution is 2.24. The molecule has 0 aliphatic heterocycles. The number of methoxy groups -OCH3 is 2. The molecule has 1 aromatic carbocycles. The van der Waals surface area contributed by atoms with Crippen LogP contribution in [0.2, 0.25) is 0 Å². The van der Waals surface area contributed by atoms with Crippen LogP contribution in [0.4, 0.5) is 0 Å². The third-order valence-corrected chi connectivity index (χ3v) is 2.68. The SMILES string of the molecule is CNCCN(C)C(=O)c1cc(OC)ccc1OC.Cl. The molecule has 0 saturated carbocycles. The molecule has 1 rings (SSSR count). The Morgan fingerprint density at radius 2 is 2.00 bits per heavy atom. The van der Waals surface area contributed by atoms with E-state index >= 15 is 0 Å². The molecule has 0 aromatic heterocycles. The maximum atomic E-state index is 12.3. The van der Waals surface area contributed by atoms with Gasteiger partial charge in [-0.1, -0.05) is 0 Å². The van der Waals surface area contributed by atoms with E-state index in [0.717, 1.165) is 6.54 Å². The molecule has 0 bridgehead atoms. The highest BCUT2D eigenvalue weighted by atomic mass is 35.5. The first-order chi connectivity index (χ1) is 8.63. The van der Waals surface area contributed by atoms with Gasteiger partial charge in [-0.2, -0.15) is 0 Å². The van der Waals surface area contributed by atoms with Gasteiger partial charge < -0.3 is 19.7 Å². The van der Waals surface area contributed by atoms with E-state index in [0.29, 0.717) is 23.6 Å². The monoisotopic (exact) mass is 288 g/mol. The summed E-state index contributed by atoms with van der Waals surface area (Å²) >= 11 is 0. The fraction of sp³-hybridized carbons (Fsp3) is 0.462.